The third kappa shape index (κ3) is 2.78. The number of carbonyl (C=O) groups is 1. The highest BCUT2D eigenvalue weighted by Crippen LogP contribution is 2.48. The molecule has 2 aromatic rings. The quantitative estimate of drug-likeness (QED) is 0.899. The van der Waals surface area contributed by atoms with Crippen LogP contribution in [0.25, 0.3) is 0 Å². The van der Waals surface area contributed by atoms with Crippen LogP contribution >= 0.6 is 0 Å². The van der Waals surface area contributed by atoms with E-state index in [-0.39, 0.29) is 18.3 Å². The summed E-state index contributed by atoms with van der Waals surface area (Å²) in [4.78, 5) is 12.8. The second-order valence-electron chi connectivity index (χ2n) is 6.90. The number of hydrogen-bond donors (Lipinski definition) is 2. The number of aliphatic hydroxyl groups is 1. The molecule has 0 saturated heterocycles. The Morgan fingerprint density at radius 2 is 1.84 bits per heavy atom. The highest BCUT2D eigenvalue weighted by Gasteiger charge is 2.51. The minimum Gasteiger partial charge on any atom is -0.493 e. The van der Waals surface area contributed by atoms with Gasteiger partial charge in [0.15, 0.2) is 0 Å². The van der Waals surface area contributed by atoms with Gasteiger partial charge in [0.25, 0.3) is 0 Å². The largest absolute Gasteiger partial charge is 0.493 e. The van der Waals surface area contributed by atoms with Crippen LogP contribution in [-0.2, 0) is 15.8 Å². The molecule has 2 N–H and O–H groups in total. The van der Waals surface area contributed by atoms with Gasteiger partial charge in [-0.2, -0.15) is 0 Å². The lowest BCUT2D eigenvalue weighted by Gasteiger charge is -2.34. The number of benzene rings is 2. The van der Waals surface area contributed by atoms with Crippen LogP contribution in [0.4, 0.5) is 4.39 Å². The standard InChI is InChI=1S/C20H20FNO3/c21-15-7-5-14(6-8-15)19(9-10-19)18(23)22-13-20(24)11-12-25-17-4-2-1-3-16(17)20/h1-8,24H,9-13H2,(H,22,23)/t20-/m1/s1. The van der Waals surface area contributed by atoms with E-state index >= 15 is 0 Å². The fourth-order valence-electron chi connectivity index (χ4n) is 3.56. The van der Waals surface area contributed by atoms with E-state index in [9.17, 15) is 14.3 Å². The zero-order valence-electron chi connectivity index (χ0n) is 13.8. The highest BCUT2D eigenvalue weighted by molar-refractivity contribution is 5.91. The summed E-state index contributed by atoms with van der Waals surface area (Å²) in [6, 6.07) is 13.4. The molecular weight excluding hydrogens is 321 g/mol. The third-order valence-corrected chi connectivity index (χ3v) is 5.28. The van der Waals surface area contributed by atoms with Crippen LogP contribution in [0.2, 0.25) is 0 Å². The average Bonchev–Trinajstić information content (AvgIpc) is 3.43. The Balaban J connectivity index is 1.50. The van der Waals surface area contributed by atoms with Crippen molar-refractivity contribution in [1.82, 2.24) is 5.32 Å². The maximum absolute atomic E-state index is 13.1. The number of rotatable bonds is 4. The van der Waals surface area contributed by atoms with Crippen molar-refractivity contribution >= 4 is 5.91 Å². The first-order valence-corrected chi connectivity index (χ1v) is 8.53. The molecule has 0 spiro atoms. The van der Waals surface area contributed by atoms with E-state index in [4.69, 9.17) is 4.74 Å². The molecule has 5 heteroatoms. The number of halogens is 1. The molecule has 0 bridgehead atoms. The number of hydrogen-bond acceptors (Lipinski definition) is 3. The van der Waals surface area contributed by atoms with Crippen molar-refractivity contribution in [2.75, 3.05) is 13.2 Å². The third-order valence-electron chi connectivity index (χ3n) is 5.28. The maximum atomic E-state index is 13.1. The van der Waals surface area contributed by atoms with Crippen LogP contribution in [0, 0.1) is 5.82 Å². The summed E-state index contributed by atoms with van der Waals surface area (Å²) >= 11 is 0. The molecule has 1 amide bonds. The second kappa shape index (κ2) is 5.85. The van der Waals surface area contributed by atoms with Gasteiger partial charge in [-0.05, 0) is 36.6 Å². The number of para-hydroxylation sites is 1. The Morgan fingerprint density at radius 1 is 1.12 bits per heavy atom. The molecule has 1 aliphatic carbocycles. The van der Waals surface area contributed by atoms with Crippen LogP contribution in [0.15, 0.2) is 48.5 Å². The molecule has 4 rings (SSSR count). The molecule has 130 valence electrons. The van der Waals surface area contributed by atoms with E-state index in [1.54, 1.807) is 12.1 Å². The van der Waals surface area contributed by atoms with E-state index in [0.29, 0.717) is 24.3 Å². The highest BCUT2D eigenvalue weighted by atomic mass is 19.1. The Bertz CT molecular complexity index is 801. The Labute approximate surface area is 145 Å². The van der Waals surface area contributed by atoms with Crippen LogP contribution in [0.3, 0.4) is 0 Å². The first kappa shape index (κ1) is 16.1. The first-order valence-electron chi connectivity index (χ1n) is 8.53. The summed E-state index contributed by atoms with van der Waals surface area (Å²) < 4.78 is 18.7. The molecular formula is C20H20FNO3. The van der Waals surface area contributed by atoms with Gasteiger partial charge in [-0.15, -0.1) is 0 Å². The molecule has 1 aliphatic heterocycles. The predicted octanol–water partition coefficient (Wildman–Crippen LogP) is 2.64. The Morgan fingerprint density at radius 3 is 2.56 bits per heavy atom. The van der Waals surface area contributed by atoms with Crippen LogP contribution in [-0.4, -0.2) is 24.2 Å². The fraction of sp³-hybridized carbons (Fsp3) is 0.350. The van der Waals surface area contributed by atoms with Gasteiger partial charge in [-0.1, -0.05) is 30.3 Å². The Hall–Kier alpha value is -2.40. The van der Waals surface area contributed by atoms with Crippen molar-refractivity contribution in [3.8, 4) is 5.75 Å². The topological polar surface area (TPSA) is 58.6 Å². The maximum Gasteiger partial charge on any atom is 0.230 e. The predicted molar refractivity (Wildman–Crippen MR) is 90.8 cm³/mol. The lowest BCUT2D eigenvalue weighted by Crippen LogP contribution is -2.46. The molecule has 0 unspecified atom stereocenters. The van der Waals surface area contributed by atoms with E-state index in [1.807, 2.05) is 24.3 Å². The zero-order valence-corrected chi connectivity index (χ0v) is 13.8. The number of ether oxygens (including phenoxy) is 1. The van der Waals surface area contributed by atoms with E-state index in [1.165, 1.54) is 12.1 Å². The van der Waals surface area contributed by atoms with E-state index in [2.05, 4.69) is 5.32 Å². The lowest BCUT2D eigenvalue weighted by molar-refractivity contribution is -0.125. The van der Waals surface area contributed by atoms with Crippen molar-refractivity contribution in [3.05, 3.63) is 65.5 Å². The summed E-state index contributed by atoms with van der Waals surface area (Å²) in [7, 11) is 0. The van der Waals surface area contributed by atoms with E-state index in [0.717, 1.165) is 18.4 Å². The summed E-state index contributed by atoms with van der Waals surface area (Å²) in [5.74, 6) is 0.231. The molecule has 1 saturated carbocycles. The van der Waals surface area contributed by atoms with Crippen LogP contribution in [0.5, 0.6) is 5.75 Å². The second-order valence-corrected chi connectivity index (χ2v) is 6.90. The zero-order chi connectivity index (χ0) is 17.5. The molecule has 2 aliphatic rings. The van der Waals surface area contributed by atoms with Crippen molar-refractivity contribution in [3.63, 3.8) is 0 Å². The minimum absolute atomic E-state index is 0.114. The number of carbonyl (C=O) groups excluding carboxylic acids is 1. The summed E-state index contributed by atoms with van der Waals surface area (Å²) in [5.41, 5.74) is -0.197. The molecule has 1 atom stereocenters. The van der Waals surface area contributed by atoms with Crippen LogP contribution < -0.4 is 10.1 Å². The molecule has 25 heavy (non-hydrogen) atoms. The smallest absolute Gasteiger partial charge is 0.230 e. The van der Waals surface area contributed by atoms with Gasteiger partial charge in [0, 0.05) is 12.0 Å². The first-order chi connectivity index (χ1) is 12.0. The van der Waals surface area contributed by atoms with E-state index < -0.39 is 11.0 Å². The number of amides is 1. The SMILES string of the molecule is O=C(NC[C@]1(O)CCOc2ccccc21)C1(c2ccc(F)cc2)CC1. The van der Waals surface area contributed by atoms with Crippen molar-refractivity contribution in [1.29, 1.82) is 0 Å². The molecule has 0 aromatic heterocycles. The summed E-state index contributed by atoms with van der Waals surface area (Å²) in [6.45, 7) is 0.543. The van der Waals surface area contributed by atoms with Crippen LogP contribution in [0.1, 0.15) is 30.4 Å². The summed E-state index contributed by atoms with van der Waals surface area (Å²) in [5, 5.41) is 13.9. The lowest BCUT2D eigenvalue weighted by atomic mass is 9.87. The van der Waals surface area contributed by atoms with Gasteiger partial charge in [-0.25, -0.2) is 4.39 Å². The van der Waals surface area contributed by atoms with Gasteiger partial charge >= 0.3 is 0 Å². The minimum atomic E-state index is -1.14. The normalized spacial score (nSPS) is 23.3. The molecule has 1 fully saturated rings. The molecule has 0 radical (unpaired) electrons. The Kier molecular flexibility index (Phi) is 3.76. The van der Waals surface area contributed by atoms with Crippen molar-refractivity contribution < 1.29 is 19.0 Å². The average molecular weight is 341 g/mol. The number of fused-ring (bicyclic) bond motifs is 1. The van der Waals surface area contributed by atoms with Gasteiger partial charge in [0.1, 0.15) is 17.2 Å². The summed E-state index contributed by atoms with van der Waals surface area (Å²) in [6.07, 6.45) is 1.90. The molecule has 2 aromatic carbocycles. The van der Waals surface area contributed by atoms with Gasteiger partial charge in [0.2, 0.25) is 5.91 Å². The van der Waals surface area contributed by atoms with Crippen molar-refractivity contribution in [2.45, 2.75) is 30.3 Å². The monoisotopic (exact) mass is 341 g/mol. The van der Waals surface area contributed by atoms with Gasteiger partial charge in [0.05, 0.1) is 18.6 Å². The fourth-order valence-corrected chi connectivity index (χ4v) is 3.56. The van der Waals surface area contributed by atoms with Crippen molar-refractivity contribution in [2.24, 2.45) is 0 Å². The van der Waals surface area contributed by atoms with Gasteiger partial charge in [-0.3, -0.25) is 4.79 Å². The molecule has 1 heterocycles. The van der Waals surface area contributed by atoms with Gasteiger partial charge < -0.3 is 15.2 Å². The molecule has 4 nitrogen and oxygen atoms in total. The number of nitrogens with one attached hydrogen (secondary N) is 1.